The zero-order valence-corrected chi connectivity index (χ0v) is 13.1. The first-order valence-corrected chi connectivity index (χ1v) is 7.40. The van der Waals surface area contributed by atoms with Crippen LogP contribution in [0, 0.1) is 13.8 Å². The van der Waals surface area contributed by atoms with Crippen molar-refractivity contribution in [2.24, 2.45) is 0 Å². The number of benzene rings is 1. The fraction of sp³-hybridized carbons (Fsp3) is 0.412. The van der Waals surface area contributed by atoms with Crippen LogP contribution in [0.2, 0.25) is 0 Å². The van der Waals surface area contributed by atoms with Crippen molar-refractivity contribution in [3.05, 3.63) is 46.8 Å². The highest BCUT2D eigenvalue weighted by molar-refractivity contribution is 5.90. The summed E-state index contributed by atoms with van der Waals surface area (Å²) in [7, 11) is 0. The summed E-state index contributed by atoms with van der Waals surface area (Å²) in [6.45, 7) is 8.40. The molecule has 4 nitrogen and oxygen atoms in total. The maximum atomic E-state index is 12.0. The quantitative estimate of drug-likeness (QED) is 0.789. The Balaban J connectivity index is 2.51. The first kappa shape index (κ1) is 15.3. The molecule has 0 saturated carbocycles. The third kappa shape index (κ3) is 3.15. The molecule has 0 aliphatic carbocycles. The molecule has 1 heterocycles. The minimum absolute atomic E-state index is 0.294. The van der Waals surface area contributed by atoms with Gasteiger partial charge in [0.25, 0.3) is 0 Å². The molecule has 112 valence electrons. The van der Waals surface area contributed by atoms with Gasteiger partial charge in [-0.25, -0.2) is 9.48 Å². The van der Waals surface area contributed by atoms with Crippen molar-refractivity contribution in [2.45, 2.75) is 40.5 Å². The number of nitrogens with zero attached hydrogens (tertiary/aromatic N) is 2. The SMILES string of the molecule is CCCc1c(C(=O)OCC)cnn1-c1ccc(C)cc1C. The van der Waals surface area contributed by atoms with Gasteiger partial charge in [-0.2, -0.15) is 5.10 Å². The van der Waals surface area contributed by atoms with Crippen LogP contribution in [-0.2, 0) is 11.2 Å². The molecule has 0 radical (unpaired) electrons. The van der Waals surface area contributed by atoms with Gasteiger partial charge in [-0.1, -0.05) is 31.0 Å². The van der Waals surface area contributed by atoms with Gasteiger partial charge < -0.3 is 4.74 Å². The van der Waals surface area contributed by atoms with Crippen molar-refractivity contribution >= 4 is 5.97 Å². The molecule has 4 heteroatoms. The molecule has 0 spiro atoms. The van der Waals surface area contributed by atoms with E-state index in [1.807, 2.05) is 17.7 Å². The minimum atomic E-state index is -0.294. The number of hydrogen-bond acceptors (Lipinski definition) is 3. The largest absolute Gasteiger partial charge is 0.462 e. The standard InChI is InChI=1S/C17H22N2O2/c1-5-7-16-14(17(20)21-6-2)11-18-19(16)15-9-8-12(3)10-13(15)4/h8-11H,5-7H2,1-4H3. The number of ether oxygens (including phenoxy) is 1. The second kappa shape index (κ2) is 6.57. The van der Waals surface area contributed by atoms with Gasteiger partial charge in [-0.15, -0.1) is 0 Å². The lowest BCUT2D eigenvalue weighted by molar-refractivity contribution is 0.0525. The number of esters is 1. The van der Waals surface area contributed by atoms with Crippen molar-refractivity contribution in [3.63, 3.8) is 0 Å². The maximum absolute atomic E-state index is 12.0. The molecule has 0 aliphatic rings. The predicted octanol–water partition coefficient (Wildman–Crippen LogP) is 3.62. The van der Waals surface area contributed by atoms with Crippen molar-refractivity contribution in [2.75, 3.05) is 6.61 Å². The van der Waals surface area contributed by atoms with Crippen LogP contribution in [0.15, 0.2) is 24.4 Å². The normalized spacial score (nSPS) is 10.7. The smallest absolute Gasteiger partial charge is 0.341 e. The van der Waals surface area contributed by atoms with E-state index in [9.17, 15) is 4.79 Å². The number of aromatic nitrogens is 2. The first-order valence-electron chi connectivity index (χ1n) is 7.40. The Morgan fingerprint density at radius 1 is 1.29 bits per heavy atom. The summed E-state index contributed by atoms with van der Waals surface area (Å²) in [6.07, 6.45) is 3.35. The van der Waals surface area contributed by atoms with Crippen molar-refractivity contribution in [3.8, 4) is 5.69 Å². The van der Waals surface area contributed by atoms with Crippen LogP contribution in [0.1, 0.15) is 47.4 Å². The fourth-order valence-electron chi connectivity index (χ4n) is 2.48. The summed E-state index contributed by atoms with van der Waals surface area (Å²) < 4.78 is 6.99. The number of carbonyl (C=O) groups excluding carboxylic acids is 1. The summed E-state index contributed by atoms with van der Waals surface area (Å²) in [5, 5.41) is 4.41. The molecule has 0 amide bonds. The monoisotopic (exact) mass is 286 g/mol. The van der Waals surface area contributed by atoms with Gasteiger partial charge >= 0.3 is 5.97 Å². The Hall–Kier alpha value is -2.10. The van der Waals surface area contributed by atoms with Crippen LogP contribution in [0.25, 0.3) is 5.69 Å². The number of hydrogen-bond donors (Lipinski definition) is 0. The van der Waals surface area contributed by atoms with E-state index in [-0.39, 0.29) is 5.97 Å². The zero-order chi connectivity index (χ0) is 15.4. The van der Waals surface area contributed by atoms with Gasteiger partial charge in [-0.05, 0) is 38.8 Å². The number of carbonyl (C=O) groups is 1. The van der Waals surface area contributed by atoms with E-state index >= 15 is 0 Å². The van der Waals surface area contributed by atoms with Crippen LogP contribution in [-0.4, -0.2) is 22.4 Å². The molecule has 0 bridgehead atoms. The molecule has 0 saturated heterocycles. The lowest BCUT2D eigenvalue weighted by Gasteiger charge is -2.11. The van der Waals surface area contributed by atoms with E-state index in [4.69, 9.17) is 4.74 Å². The number of rotatable bonds is 5. The average molecular weight is 286 g/mol. The number of aryl methyl sites for hydroxylation is 2. The minimum Gasteiger partial charge on any atom is -0.462 e. The Morgan fingerprint density at radius 2 is 2.05 bits per heavy atom. The second-order valence-corrected chi connectivity index (χ2v) is 5.18. The fourth-order valence-corrected chi connectivity index (χ4v) is 2.48. The van der Waals surface area contributed by atoms with Gasteiger partial charge in [-0.3, -0.25) is 0 Å². The van der Waals surface area contributed by atoms with E-state index in [0.717, 1.165) is 29.8 Å². The lowest BCUT2D eigenvalue weighted by Crippen LogP contribution is -2.10. The van der Waals surface area contributed by atoms with E-state index in [1.54, 1.807) is 6.20 Å². The van der Waals surface area contributed by atoms with E-state index in [0.29, 0.717) is 12.2 Å². The molecule has 0 N–H and O–H groups in total. The van der Waals surface area contributed by atoms with Crippen LogP contribution in [0.3, 0.4) is 0 Å². The van der Waals surface area contributed by atoms with Crippen molar-refractivity contribution in [1.29, 1.82) is 0 Å². The zero-order valence-electron chi connectivity index (χ0n) is 13.1. The maximum Gasteiger partial charge on any atom is 0.341 e. The molecule has 0 unspecified atom stereocenters. The molecule has 21 heavy (non-hydrogen) atoms. The molecule has 2 rings (SSSR count). The highest BCUT2D eigenvalue weighted by Crippen LogP contribution is 2.21. The Labute approximate surface area is 125 Å². The van der Waals surface area contributed by atoms with E-state index < -0.39 is 0 Å². The second-order valence-electron chi connectivity index (χ2n) is 5.18. The summed E-state index contributed by atoms with van der Waals surface area (Å²) in [5.74, 6) is -0.294. The highest BCUT2D eigenvalue weighted by atomic mass is 16.5. The Kier molecular flexibility index (Phi) is 4.78. The molecule has 1 aromatic heterocycles. The Morgan fingerprint density at radius 3 is 2.67 bits per heavy atom. The van der Waals surface area contributed by atoms with Crippen molar-refractivity contribution < 1.29 is 9.53 Å². The topological polar surface area (TPSA) is 44.1 Å². The van der Waals surface area contributed by atoms with Gasteiger partial charge in [0, 0.05) is 0 Å². The molecular formula is C17H22N2O2. The summed E-state index contributed by atoms with van der Waals surface area (Å²) >= 11 is 0. The average Bonchev–Trinajstić information content (AvgIpc) is 2.83. The van der Waals surface area contributed by atoms with Gasteiger partial charge in [0.05, 0.1) is 24.2 Å². The van der Waals surface area contributed by atoms with E-state index in [1.165, 1.54) is 5.56 Å². The van der Waals surface area contributed by atoms with Crippen LogP contribution < -0.4 is 0 Å². The molecule has 2 aromatic rings. The molecular weight excluding hydrogens is 264 g/mol. The van der Waals surface area contributed by atoms with Crippen LogP contribution >= 0.6 is 0 Å². The third-order valence-corrected chi connectivity index (χ3v) is 3.43. The van der Waals surface area contributed by atoms with Gasteiger partial charge in [0.2, 0.25) is 0 Å². The summed E-state index contributed by atoms with van der Waals surface area (Å²) in [6, 6.07) is 6.23. The molecule has 0 fully saturated rings. The summed E-state index contributed by atoms with van der Waals surface area (Å²) in [4.78, 5) is 12.0. The first-order chi connectivity index (χ1) is 10.1. The van der Waals surface area contributed by atoms with Gasteiger partial charge in [0.1, 0.15) is 5.56 Å². The molecule has 0 aliphatic heterocycles. The predicted molar refractivity (Wildman–Crippen MR) is 83.0 cm³/mol. The summed E-state index contributed by atoms with van der Waals surface area (Å²) in [5.41, 5.74) is 4.86. The van der Waals surface area contributed by atoms with E-state index in [2.05, 4.69) is 38.0 Å². The van der Waals surface area contributed by atoms with Gasteiger partial charge in [0.15, 0.2) is 0 Å². The van der Waals surface area contributed by atoms with Crippen molar-refractivity contribution in [1.82, 2.24) is 9.78 Å². The van der Waals surface area contributed by atoms with Crippen LogP contribution in [0.4, 0.5) is 0 Å². The third-order valence-electron chi connectivity index (χ3n) is 3.43. The van der Waals surface area contributed by atoms with Crippen LogP contribution in [0.5, 0.6) is 0 Å². The molecule has 1 aromatic carbocycles. The Bertz CT molecular complexity index is 644. The molecule has 0 atom stereocenters. The highest BCUT2D eigenvalue weighted by Gasteiger charge is 2.19. The lowest BCUT2D eigenvalue weighted by atomic mass is 10.1.